The summed E-state index contributed by atoms with van der Waals surface area (Å²) in [5, 5.41) is 2.08. The Balaban J connectivity index is 1.74. The molecule has 3 heterocycles. The highest BCUT2D eigenvalue weighted by Gasteiger charge is 2.29. The molecule has 0 aliphatic carbocycles. The molecule has 204 valence electrons. The van der Waals surface area contributed by atoms with Gasteiger partial charge in [-0.15, -0.1) is 0 Å². The average molecular weight is 555 g/mol. The van der Waals surface area contributed by atoms with E-state index in [1.165, 1.54) is 22.5 Å². The molecule has 1 atom stereocenters. The van der Waals surface area contributed by atoms with Gasteiger partial charge in [-0.3, -0.25) is 5.32 Å². The Hall–Kier alpha value is -3.51. The monoisotopic (exact) mass is 554 g/mol. The van der Waals surface area contributed by atoms with E-state index in [0.717, 1.165) is 18.3 Å². The minimum Gasteiger partial charge on any atom is -0.453 e. The van der Waals surface area contributed by atoms with Crippen LogP contribution in [0.2, 0.25) is 5.02 Å². The van der Waals surface area contributed by atoms with Gasteiger partial charge < -0.3 is 23.5 Å². The van der Waals surface area contributed by atoms with E-state index in [-0.39, 0.29) is 47.3 Å². The zero-order chi connectivity index (χ0) is 27.8. The number of carbonyl (C=O) groups is 2. The highest BCUT2D eigenvalue weighted by Crippen LogP contribution is 2.34. The molecule has 1 aromatic carbocycles. The number of methoxy groups -OCH3 is 1. The third kappa shape index (κ3) is 5.97. The van der Waals surface area contributed by atoms with Crippen LogP contribution in [0.4, 0.5) is 28.4 Å². The van der Waals surface area contributed by atoms with E-state index >= 15 is 8.78 Å². The van der Waals surface area contributed by atoms with Crippen LogP contribution in [0.25, 0.3) is 16.9 Å². The van der Waals surface area contributed by atoms with Gasteiger partial charge in [-0.1, -0.05) is 11.6 Å². The van der Waals surface area contributed by atoms with E-state index in [0.29, 0.717) is 6.54 Å². The van der Waals surface area contributed by atoms with Gasteiger partial charge in [0, 0.05) is 30.9 Å². The third-order valence-corrected chi connectivity index (χ3v) is 5.97. The predicted molar refractivity (Wildman–Crippen MR) is 133 cm³/mol. The van der Waals surface area contributed by atoms with Crippen LogP contribution in [-0.2, 0) is 20.6 Å². The molecule has 3 aromatic rings. The van der Waals surface area contributed by atoms with Gasteiger partial charge in [-0.05, 0) is 32.9 Å². The number of aromatic nitrogens is 2. The highest BCUT2D eigenvalue weighted by atomic mass is 35.5. The summed E-state index contributed by atoms with van der Waals surface area (Å²) in [6.07, 6.45) is -0.924. The molecule has 1 fully saturated rings. The van der Waals surface area contributed by atoms with Gasteiger partial charge in [0.05, 0.1) is 48.3 Å². The second-order valence-electron chi connectivity index (χ2n) is 9.66. The first-order valence-electron chi connectivity index (χ1n) is 11.7. The molecule has 1 unspecified atom stereocenters. The normalized spacial score (nSPS) is 16.0. The molecule has 2 amide bonds. The lowest BCUT2D eigenvalue weighted by atomic mass is 10.0. The molecule has 13 heteroatoms. The SMILES string of the molecule is COC(=O)N1CCOC(Cc2c(-c3c(F)cc(NC(=O)OC(C)(C)C)cc3F)nc3cc(Cl)c(F)cn23)C1. The zero-order valence-electron chi connectivity index (χ0n) is 21.1. The minimum atomic E-state index is -1.02. The number of carbonyl (C=O) groups excluding carboxylic acids is 2. The molecule has 0 saturated carbocycles. The summed E-state index contributed by atoms with van der Waals surface area (Å²) in [5.74, 6) is -2.80. The lowest BCUT2D eigenvalue weighted by Gasteiger charge is -2.32. The van der Waals surface area contributed by atoms with E-state index < -0.39 is 46.9 Å². The number of imidazole rings is 1. The molecule has 9 nitrogen and oxygen atoms in total. The summed E-state index contributed by atoms with van der Waals surface area (Å²) < 4.78 is 62.1. The fourth-order valence-electron chi connectivity index (χ4n) is 4.13. The maximum Gasteiger partial charge on any atom is 0.412 e. The topological polar surface area (TPSA) is 94.4 Å². The van der Waals surface area contributed by atoms with Crippen LogP contribution in [0.1, 0.15) is 26.5 Å². The average Bonchev–Trinajstić information content (AvgIpc) is 3.13. The summed E-state index contributed by atoms with van der Waals surface area (Å²) in [5.41, 5.74) is -1.19. The van der Waals surface area contributed by atoms with Crippen LogP contribution in [0.5, 0.6) is 0 Å². The van der Waals surface area contributed by atoms with Crippen molar-refractivity contribution in [3.8, 4) is 11.3 Å². The molecular weight excluding hydrogens is 529 g/mol. The molecule has 1 aliphatic rings. The molecule has 1 N–H and O–H groups in total. The van der Waals surface area contributed by atoms with E-state index in [1.807, 2.05) is 0 Å². The van der Waals surface area contributed by atoms with Crippen molar-refractivity contribution in [1.82, 2.24) is 14.3 Å². The van der Waals surface area contributed by atoms with Crippen LogP contribution in [0.3, 0.4) is 0 Å². The fourth-order valence-corrected chi connectivity index (χ4v) is 4.28. The van der Waals surface area contributed by atoms with Crippen LogP contribution in [0.15, 0.2) is 24.4 Å². The summed E-state index contributed by atoms with van der Waals surface area (Å²) in [7, 11) is 1.26. The van der Waals surface area contributed by atoms with Gasteiger partial charge >= 0.3 is 12.2 Å². The first-order valence-corrected chi connectivity index (χ1v) is 12.0. The van der Waals surface area contributed by atoms with E-state index in [2.05, 4.69) is 10.3 Å². The van der Waals surface area contributed by atoms with Crippen molar-refractivity contribution in [3.05, 3.63) is 52.6 Å². The molecule has 0 bridgehead atoms. The first-order chi connectivity index (χ1) is 17.9. The number of morpholine rings is 1. The molecule has 0 spiro atoms. The van der Waals surface area contributed by atoms with Crippen molar-refractivity contribution in [2.24, 2.45) is 0 Å². The Morgan fingerprint density at radius 2 is 1.87 bits per heavy atom. The van der Waals surface area contributed by atoms with Crippen LogP contribution >= 0.6 is 11.6 Å². The molecule has 1 saturated heterocycles. The van der Waals surface area contributed by atoms with Gasteiger partial charge in [0.15, 0.2) is 5.82 Å². The molecule has 2 aromatic heterocycles. The molecular formula is C25H26ClF3N4O5. The number of nitrogens with one attached hydrogen (secondary N) is 1. The van der Waals surface area contributed by atoms with Crippen molar-refractivity contribution in [2.45, 2.75) is 38.9 Å². The van der Waals surface area contributed by atoms with E-state index in [1.54, 1.807) is 20.8 Å². The molecule has 1 aliphatic heterocycles. The van der Waals surface area contributed by atoms with Crippen LogP contribution in [-0.4, -0.2) is 65.0 Å². The lowest BCUT2D eigenvalue weighted by Crippen LogP contribution is -2.46. The van der Waals surface area contributed by atoms with Crippen LogP contribution in [0, 0.1) is 17.5 Å². The summed E-state index contributed by atoms with van der Waals surface area (Å²) >= 11 is 5.92. The minimum absolute atomic E-state index is 0.0296. The predicted octanol–water partition coefficient (Wildman–Crippen LogP) is 5.43. The van der Waals surface area contributed by atoms with Gasteiger partial charge in [0.1, 0.15) is 22.9 Å². The Morgan fingerprint density at radius 1 is 1.18 bits per heavy atom. The molecule has 4 rings (SSSR count). The Morgan fingerprint density at radius 3 is 2.50 bits per heavy atom. The van der Waals surface area contributed by atoms with Crippen molar-refractivity contribution < 1.29 is 37.0 Å². The van der Waals surface area contributed by atoms with Crippen molar-refractivity contribution >= 4 is 35.1 Å². The number of fused-ring (bicyclic) bond motifs is 1. The van der Waals surface area contributed by atoms with Crippen molar-refractivity contribution in [2.75, 3.05) is 32.1 Å². The smallest absolute Gasteiger partial charge is 0.412 e. The number of rotatable bonds is 4. The van der Waals surface area contributed by atoms with Gasteiger partial charge in [-0.25, -0.2) is 27.7 Å². The summed E-state index contributed by atoms with van der Waals surface area (Å²) in [6.45, 7) is 5.60. The number of hydrogen-bond donors (Lipinski definition) is 1. The largest absolute Gasteiger partial charge is 0.453 e. The van der Waals surface area contributed by atoms with E-state index in [9.17, 15) is 14.0 Å². The number of anilines is 1. The maximum atomic E-state index is 15.4. The number of amides is 2. The second-order valence-corrected chi connectivity index (χ2v) is 10.1. The third-order valence-electron chi connectivity index (χ3n) is 5.68. The van der Waals surface area contributed by atoms with Crippen molar-refractivity contribution in [1.29, 1.82) is 0 Å². The summed E-state index contributed by atoms with van der Waals surface area (Å²) in [4.78, 5) is 29.8. The van der Waals surface area contributed by atoms with Crippen molar-refractivity contribution in [3.63, 3.8) is 0 Å². The molecule has 38 heavy (non-hydrogen) atoms. The Labute approximate surface area is 221 Å². The second kappa shape index (κ2) is 10.7. The zero-order valence-corrected chi connectivity index (χ0v) is 21.9. The van der Waals surface area contributed by atoms with Crippen LogP contribution < -0.4 is 5.32 Å². The number of halogens is 4. The number of benzene rings is 1. The Bertz CT molecular complexity index is 1370. The first kappa shape index (κ1) is 27.5. The maximum absolute atomic E-state index is 15.4. The Kier molecular flexibility index (Phi) is 7.75. The number of pyridine rings is 1. The van der Waals surface area contributed by atoms with Gasteiger partial charge in [0.25, 0.3) is 0 Å². The fraction of sp³-hybridized carbons (Fsp3) is 0.400. The number of nitrogens with zero attached hydrogens (tertiary/aromatic N) is 3. The quantitative estimate of drug-likeness (QED) is 0.462. The molecule has 0 radical (unpaired) electrons. The van der Waals surface area contributed by atoms with Gasteiger partial charge in [0.2, 0.25) is 0 Å². The highest BCUT2D eigenvalue weighted by molar-refractivity contribution is 6.31. The standard InChI is InChI=1S/C25H26ClF3N4O5/c1-25(2,3)38-23(34)30-13-7-16(27)21(17(28)8-13)22-19(33-12-18(29)15(26)10-20(33)31-22)9-14-11-32(5-6-37-14)24(35)36-4/h7-8,10,12,14H,5-6,9,11H2,1-4H3,(H,30,34). The van der Waals surface area contributed by atoms with Gasteiger partial charge in [-0.2, -0.15) is 0 Å². The lowest BCUT2D eigenvalue weighted by molar-refractivity contribution is -0.0241. The number of hydrogen-bond acceptors (Lipinski definition) is 6. The van der Waals surface area contributed by atoms with E-state index in [4.69, 9.17) is 25.8 Å². The summed E-state index contributed by atoms with van der Waals surface area (Å²) in [6, 6.07) is 3.10. The number of ether oxygens (including phenoxy) is 3.